The molecule has 9 heteroatoms. The molecule has 0 radical (unpaired) electrons. The number of anilines is 2. The topological polar surface area (TPSA) is 86.1 Å². The van der Waals surface area contributed by atoms with Gasteiger partial charge in [0.05, 0.1) is 5.56 Å². The Kier molecular flexibility index (Phi) is 6.60. The molecule has 0 bridgehead atoms. The van der Waals surface area contributed by atoms with E-state index in [0.717, 1.165) is 44.5 Å². The molecule has 1 aromatic carbocycles. The molecule has 174 valence electrons. The van der Waals surface area contributed by atoms with E-state index in [1.165, 1.54) is 10.4 Å². The Bertz CT molecular complexity index is 1060. The van der Waals surface area contributed by atoms with Crippen LogP contribution in [0.4, 0.5) is 11.4 Å². The second-order valence-electron chi connectivity index (χ2n) is 8.85. The van der Waals surface area contributed by atoms with Crippen molar-refractivity contribution in [3.63, 3.8) is 0 Å². The molecule has 1 aromatic heterocycles. The number of nitrogens with zero attached hydrogens (tertiary/aromatic N) is 3. The molecule has 2 fully saturated rings. The maximum Gasteiger partial charge on any atom is 0.276 e. The van der Waals surface area contributed by atoms with Crippen LogP contribution in [0.3, 0.4) is 0 Å². The van der Waals surface area contributed by atoms with Crippen LogP contribution in [0.15, 0.2) is 39.8 Å². The van der Waals surface area contributed by atoms with Crippen molar-refractivity contribution in [2.75, 3.05) is 50.5 Å². The van der Waals surface area contributed by atoms with Gasteiger partial charge in [-0.15, -0.1) is 0 Å². The van der Waals surface area contributed by atoms with Crippen LogP contribution in [0.1, 0.15) is 41.8 Å². The van der Waals surface area contributed by atoms with Crippen LogP contribution in [0.2, 0.25) is 0 Å². The van der Waals surface area contributed by atoms with Crippen molar-refractivity contribution in [2.24, 2.45) is 0 Å². The molecule has 1 N–H and O–H groups in total. The lowest BCUT2D eigenvalue weighted by molar-refractivity contribution is 0.102. The van der Waals surface area contributed by atoms with Gasteiger partial charge in [0.25, 0.3) is 15.9 Å². The second-order valence-corrected chi connectivity index (χ2v) is 10.7. The Morgan fingerprint density at radius 1 is 1.09 bits per heavy atom. The number of furan rings is 1. The fraction of sp³-hybridized carbons (Fsp3) is 0.522. The summed E-state index contributed by atoms with van der Waals surface area (Å²) in [6, 6.07) is 9.64. The highest BCUT2D eigenvalue weighted by Gasteiger charge is 2.31. The van der Waals surface area contributed by atoms with Crippen molar-refractivity contribution in [3.8, 4) is 0 Å². The minimum absolute atomic E-state index is 0.165. The first kappa shape index (κ1) is 22.8. The van der Waals surface area contributed by atoms with Gasteiger partial charge in [-0.1, -0.05) is 6.42 Å². The summed E-state index contributed by atoms with van der Waals surface area (Å²) < 4.78 is 32.7. The van der Waals surface area contributed by atoms with Crippen molar-refractivity contribution in [2.45, 2.75) is 43.7 Å². The number of rotatable bonds is 6. The van der Waals surface area contributed by atoms with Crippen molar-refractivity contribution < 1.29 is 17.6 Å². The lowest BCUT2D eigenvalue weighted by Crippen LogP contribution is -2.35. The average Bonchev–Trinajstić information content (AvgIpc) is 3.43. The molecule has 8 nitrogen and oxygen atoms in total. The maximum absolute atomic E-state index is 12.9. The zero-order valence-electron chi connectivity index (χ0n) is 19.0. The number of likely N-dealkylation sites (N-methyl/N-ethyl adjacent to an activating group) is 1. The van der Waals surface area contributed by atoms with Gasteiger partial charge in [0, 0.05) is 49.7 Å². The van der Waals surface area contributed by atoms with E-state index in [1.807, 2.05) is 24.3 Å². The largest absolute Gasteiger partial charge is 0.448 e. The third kappa shape index (κ3) is 4.69. The molecule has 2 aliphatic heterocycles. The number of sulfonamides is 1. The average molecular weight is 461 g/mol. The minimum atomic E-state index is -3.72. The van der Waals surface area contributed by atoms with E-state index in [0.29, 0.717) is 30.6 Å². The third-order valence-electron chi connectivity index (χ3n) is 6.43. The van der Waals surface area contributed by atoms with Gasteiger partial charge >= 0.3 is 0 Å². The fourth-order valence-corrected chi connectivity index (χ4v) is 5.88. The second kappa shape index (κ2) is 9.25. The van der Waals surface area contributed by atoms with Crippen molar-refractivity contribution in [3.05, 3.63) is 41.7 Å². The lowest BCUT2D eigenvalue weighted by atomic mass is 10.2. The van der Waals surface area contributed by atoms with Gasteiger partial charge in [0.1, 0.15) is 5.76 Å². The molecule has 0 spiro atoms. The Morgan fingerprint density at radius 3 is 2.41 bits per heavy atom. The Labute approximate surface area is 190 Å². The van der Waals surface area contributed by atoms with Crippen LogP contribution in [-0.4, -0.2) is 69.8 Å². The highest BCUT2D eigenvalue weighted by atomic mass is 32.2. The van der Waals surface area contributed by atoms with Gasteiger partial charge in [-0.05, 0) is 64.5 Å². The minimum Gasteiger partial charge on any atom is -0.448 e. The molecule has 1 unspecified atom stereocenters. The molecule has 2 aromatic rings. The molecule has 1 amide bonds. The van der Waals surface area contributed by atoms with Gasteiger partial charge in [0.2, 0.25) is 5.09 Å². The summed E-state index contributed by atoms with van der Waals surface area (Å²) in [7, 11) is 0.492. The number of amides is 1. The number of carbonyl (C=O) groups excluding carboxylic acids is 1. The van der Waals surface area contributed by atoms with Crippen LogP contribution in [-0.2, 0) is 10.0 Å². The Balaban J connectivity index is 1.43. The smallest absolute Gasteiger partial charge is 0.276 e. The van der Waals surface area contributed by atoms with Gasteiger partial charge < -0.3 is 19.5 Å². The predicted octanol–water partition coefficient (Wildman–Crippen LogP) is 3.16. The van der Waals surface area contributed by atoms with E-state index < -0.39 is 10.0 Å². The van der Waals surface area contributed by atoms with E-state index >= 15 is 0 Å². The first-order chi connectivity index (χ1) is 15.3. The van der Waals surface area contributed by atoms with E-state index in [9.17, 15) is 13.2 Å². The summed E-state index contributed by atoms with van der Waals surface area (Å²) in [5.74, 6) is -0.0885. The Hall–Kier alpha value is -2.36. The summed E-state index contributed by atoms with van der Waals surface area (Å²) in [5.41, 5.74) is 2.02. The molecular weight excluding hydrogens is 428 g/mol. The number of hydrogen-bond donors (Lipinski definition) is 1. The van der Waals surface area contributed by atoms with Crippen LogP contribution < -0.4 is 10.2 Å². The molecule has 0 saturated carbocycles. The first-order valence-corrected chi connectivity index (χ1v) is 12.6. The van der Waals surface area contributed by atoms with Gasteiger partial charge in [-0.2, -0.15) is 4.31 Å². The van der Waals surface area contributed by atoms with E-state index in [1.54, 1.807) is 6.92 Å². The van der Waals surface area contributed by atoms with Crippen molar-refractivity contribution in [1.29, 1.82) is 0 Å². The first-order valence-electron chi connectivity index (χ1n) is 11.2. The summed E-state index contributed by atoms with van der Waals surface area (Å²) in [4.78, 5) is 17.4. The number of nitrogens with one attached hydrogen (secondary N) is 1. The van der Waals surface area contributed by atoms with Crippen LogP contribution in [0.25, 0.3) is 0 Å². The lowest BCUT2D eigenvalue weighted by Gasteiger charge is -2.24. The molecule has 32 heavy (non-hydrogen) atoms. The maximum atomic E-state index is 12.9. The van der Waals surface area contributed by atoms with Crippen molar-refractivity contribution >= 4 is 27.3 Å². The highest BCUT2D eigenvalue weighted by molar-refractivity contribution is 7.89. The molecule has 2 aliphatic rings. The monoisotopic (exact) mass is 460 g/mol. The molecule has 4 rings (SSSR count). The summed E-state index contributed by atoms with van der Waals surface area (Å²) in [5, 5.41) is 2.69. The van der Waals surface area contributed by atoms with Crippen LogP contribution in [0, 0.1) is 6.92 Å². The number of carbonyl (C=O) groups is 1. The van der Waals surface area contributed by atoms with Gasteiger partial charge in [-0.25, -0.2) is 8.42 Å². The molecule has 1 atom stereocenters. The third-order valence-corrected chi connectivity index (χ3v) is 8.19. The van der Waals surface area contributed by atoms with E-state index in [-0.39, 0.29) is 16.6 Å². The van der Waals surface area contributed by atoms with E-state index in [4.69, 9.17) is 4.42 Å². The molecule has 2 saturated heterocycles. The number of hydrogen-bond acceptors (Lipinski definition) is 6. The normalized spacial score (nSPS) is 20.1. The Morgan fingerprint density at radius 2 is 1.78 bits per heavy atom. The number of aryl methyl sites for hydroxylation is 1. The van der Waals surface area contributed by atoms with E-state index in [2.05, 4.69) is 29.2 Å². The van der Waals surface area contributed by atoms with Crippen LogP contribution in [0.5, 0.6) is 0 Å². The molecule has 0 aliphatic carbocycles. The van der Waals surface area contributed by atoms with Gasteiger partial charge in [-0.3, -0.25) is 4.79 Å². The zero-order valence-corrected chi connectivity index (χ0v) is 19.8. The quantitative estimate of drug-likeness (QED) is 0.713. The number of benzene rings is 1. The number of piperidine rings is 1. The van der Waals surface area contributed by atoms with Crippen LogP contribution >= 0.6 is 0 Å². The molecular formula is C23H32N4O4S. The zero-order chi connectivity index (χ0) is 22.9. The predicted molar refractivity (Wildman–Crippen MR) is 125 cm³/mol. The van der Waals surface area contributed by atoms with Gasteiger partial charge in [0.15, 0.2) is 0 Å². The highest BCUT2D eigenvalue weighted by Crippen LogP contribution is 2.27. The van der Waals surface area contributed by atoms with Crippen molar-refractivity contribution in [1.82, 2.24) is 9.21 Å². The summed E-state index contributed by atoms with van der Waals surface area (Å²) in [6.07, 6.45) is 3.85. The summed E-state index contributed by atoms with van der Waals surface area (Å²) >= 11 is 0. The standard InChI is InChI=1S/C23H32N4O4S/c1-17-21(15-22(31-17)32(29,30)27-12-5-4-6-13-27)23(28)24-18-7-9-19(10-8-18)26-14-11-20(16-26)25(2)3/h7-10,15,20H,4-6,11-14,16H2,1-3H3,(H,24,28). The fourth-order valence-electron chi connectivity index (χ4n) is 4.39. The summed E-state index contributed by atoms with van der Waals surface area (Å²) in [6.45, 7) is 4.59. The molecule has 3 heterocycles. The SMILES string of the molecule is Cc1oc(S(=O)(=O)N2CCCCC2)cc1C(=O)Nc1ccc(N2CCC(N(C)C)C2)cc1.